The predicted octanol–water partition coefficient (Wildman–Crippen LogP) is 4.26. The number of rotatable bonds is 10. The number of aliphatic carboxylic acids is 1. The van der Waals surface area contributed by atoms with E-state index in [2.05, 4.69) is 34.9 Å². The maximum atomic E-state index is 12.8. The van der Waals surface area contributed by atoms with Crippen LogP contribution in [0.3, 0.4) is 0 Å². The zero-order valence-electron chi connectivity index (χ0n) is 19.9. The van der Waals surface area contributed by atoms with E-state index in [-0.39, 0.29) is 30.3 Å². The van der Waals surface area contributed by atoms with Gasteiger partial charge >= 0.3 is 12.1 Å². The van der Waals surface area contributed by atoms with Gasteiger partial charge in [-0.05, 0) is 59.4 Å². The van der Waals surface area contributed by atoms with Gasteiger partial charge in [0.2, 0.25) is 5.91 Å². The summed E-state index contributed by atoms with van der Waals surface area (Å²) in [6.45, 7) is 0.571. The van der Waals surface area contributed by atoms with Crippen LogP contribution < -0.4 is 10.6 Å². The monoisotopic (exact) mass is 496 g/mol. The lowest BCUT2D eigenvalue weighted by Gasteiger charge is -2.22. The van der Waals surface area contributed by atoms with Gasteiger partial charge in [0.25, 0.3) is 0 Å². The van der Waals surface area contributed by atoms with E-state index in [1.54, 1.807) is 11.8 Å². The number of carboxylic acids is 1. The van der Waals surface area contributed by atoms with Crippen molar-refractivity contribution >= 4 is 29.7 Å². The summed E-state index contributed by atoms with van der Waals surface area (Å²) >= 11 is 1.55. The normalized spacial score (nSPS) is 19.5. The summed E-state index contributed by atoms with van der Waals surface area (Å²) in [5, 5.41) is 14.9. The van der Waals surface area contributed by atoms with Crippen LogP contribution in [0.15, 0.2) is 48.5 Å². The maximum absolute atomic E-state index is 12.8. The van der Waals surface area contributed by atoms with Crippen LogP contribution in [0.4, 0.5) is 4.79 Å². The lowest BCUT2D eigenvalue weighted by Crippen LogP contribution is -2.46. The fourth-order valence-electron chi connectivity index (χ4n) is 5.26. The molecule has 3 atom stereocenters. The summed E-state index contributed by atoms with van der Waals surface area (Å²) in [6.07, 6.45) is 4.17. The third kappa shape index (κ3) is 5.81. The summed E-state index contributed by atoms with van der Waals surface area (Å²) in [6, 6.07) is 15.5. The van der Waals surface area contributed by atoms with E-state index >= 15 is 0 Å². The molecule has 1 saturated carbocycles. The topological polar surface area (TPSA) is 105 Å². The molecule has 0 saturated heterocycles. The van der Waals surface area contributed by atoms with Gasteiger partial charge in [-0.25, -0.2) is 9.59 Å². The third-order valence-electron chi connectivity index (χ3n) is 7.07. The zero-order valence-corrected chi connectivity index (χ0v) is 20.7. The van der Waals surface area contributed by atoms with Crippen molar-refractivity contribution in [2.75, 3.05) is 25.2 Å². The van der Waals surface area contributed by atoms with Crippen molar-refractivity contribution in [1.29, 1.82) is 0 Å². The lowest BCUT2D eigenvalue weighted by atomic mass is 9.94. The number of carbonyl (C=O) groups is 3. The molecule has 0 spiro atoms. The number of alkyl carbamates (subject to hydrolysis) is 1. The van der Waals surface area contributed by atoms with Crippen LogP contribution in [0.5, 0.6) is 0 Å². The number of hydrogen-bond donors (Lipinski definition) is 3. The Labute approximate surface area is 210 Å². The number of fused-ring (bicyclic) bond motifs is 3. The molecule has 0 heterocycles. The van der Waals surface area contributed by atoms with Crippen molar-refractivity contribution in [3.63, 3.8) is 0 Å². The number of carboxylic acid groups (broad SMARTS) is 1. The molecule has 4 rings (SSSR count). The first kappa shape index (κ1) is 25.1. The van der Waals surface area contributed by atoms with Gasteiger partial charge in [-0.1, -0.05) is 55.0 Å². The molecule has 2 aliphatic carbocycles. The van der Waals surface area contributed by atoms with Gasteiger partial charge in [-0.15, -0.1) is 0 Å². The van der Waals surface area contributed by atoms with Crippen LogP contribution in [0, 0.1) is 11.8 Å². The Bertz CT molecular complexity index is 1030. The van der Waals surface area contributed by atoms with E-state index in [9.17, 15) is 19.5 Å². The van der Waals surface area contributed by atoms with Crippen molar-refractivity contribution < 1.29 is 24.2 Å². The van der Waals surface area contributed by atoms with Gasteiger partial charge in [0.1, 0.15) is 12.6 Å². The average Bonchev–Trinajstić information content (AvgIpc) is 3.46. The highest BCUT2D eigenvalue weighted by Crippen LogP contribution is 2.44. The number of thioether (sulfide) groups is 1. The molecule has 7 nitrogen and oxygen atoms in total. The summed E-state index contributed by atoms with van der Waals surface area (Å²) < 4.78 is 5.60. The maximum Gasteiger partial charge on any atom is 0.407 e. The Morgan fingerprint density at radius 2 is 1.71 bits per heavy atom. The largest absolute Gasteiger partial charge is 0.480 e. The van der Waals surface area contributed by atoms with E-state index in [0.29, 0.717) is 25.1 Å². The minimum Gasteiger partial charge on any atom is -0.480 e. The fourth-order valence-corrected chi connectivity index (χ4v) is 5.73. The smallest absolute Gasteiger partial charge is 0.407 e. The highest BCUT2D eigenvalue weighted by atomic mass is 32.2. The van der Waals surface area contributed by atoms with Crippen LogP contribution in [-0.4, -0.2) is 54.3 Å². The first-order valence-electron chi connectivity index (χ1n) is 12.1. The SMILES string of the molecule is CSCC[C@@H](NC(=O)[C@H]1CCC[C@H]1CNC(=O)OCC1c2ccccc2-c2ccccc21)C(=O)O. The van der Waals surface area contributed by atoms with Gasteiger partial charge < -0.3 is 20.5 Å². The van der Waals surface area contributed by atoms with Crippen molar-refractivity contribution in [2.45, 2.75) is 37.6 Å². The average molecular weight is 497 g/mol. The molecule has 8 heteroatoms. The Kier molecular flexibility index (Phi) is 8.33. The Morgan fingerprint density at radius 3 is 2.34 bits per heavy atom. The van der Waals surface area contributed by atoms with Gasteiger partial charge in [0.05, 0.1) is 0 Å². The van der Waals surface area contributed by atoms with E-state index in [1.165, 1.54) is 11.1 Å². The van der Waals surface area contributed by atoms with Crippen LogP contribution in [0.25, 0.3) is 11.1 Å². The molecule has 0 unspecified atom stereocenters. The number of benzene rings is 2. The summed E-state index contributed by atoms with van der Waals surface area (Å²) in [4.78, 5) is 36.8. The molecule has 2 aromatic carbocycles. The molecule has 1 fully saturated rings. The molecule has 0 aliphatic heterocycles. The predicted molar refractivity (Wildman–Crippen MR) is 136 cm³/mol. The van der Waals surface area contributed by atoms with Gasteiger partial charge in [-0.2, -0.15) is 11.8 Å². The molecule has 0 radical (unpaired) electrons. The highest BCUT2D eigenvalue weighted by molar-refractivity contribution is 7.98. The zero-order chi connectivity index (χ0) is 24.8. The number of ether oxygens (including phenoxy) is 1. The van der Waals surface area contributed by atoms with E-state index in [1.807, 2.05) is 30.5 Å². The number of hydrogen-bond acceptors (Lipinski definition) is 5. The molecule has 3 N–H and O–H groups in total. The standard InChI is InChI=1S/C27H32N2O5S/c1-35-14-13-24(26(31)32)29-25(30)18-12-6-7-17(18)15-28-27(33)34-16-23-21-10-4-2-8-19(21)20-9-3-5-11-22(20)23/h2-5,8-11,17-18,23-24H,6-7,12-16H2,1H3,(H,28,33)(H,29,30)(H,31,32)/t17-,18-,24+/m0/s1. The quantitative estimate of drug-likeness (QED) is 0.454. The first-order chi connectivity index (χ1) is 17.0. The van der Waals surface area contributed by atoms with Crippen molar-refractivity contribution in [2.24, 2.45) is 11.8 Å². The van der Waals surface area contributed by atoms with Crippen LogP contribution in [0.2, 0.25) is 0 Å². The molecule has 0 aromatic heterocycles. The molecule has 35 heavy (non-hydrogen) atoms. The van der Waals surface area contributed by atoms with Crippen molar-refractivity contribution in [3.05, 3.63) is 59.7 Å². The second kappa shape index (κ2) is 11.6. The molecule has 2 aliphatic rings. The number of carbonyl (C=O) groups excluding carboxylic acids is 2. The Hall–Kier alpha value is -3.00. The van der Waals surface area contributed by atoms with Crippen LogP contribution >= 0.6 is 11.8 Å². The minimum absolute atomic E-state index is 0.00704. The fraction of sp³-hybridized carbons (Fsp3) is 0.444. The molecule has 186 valence electrons. The van der Waals surface area contributed by atoms with Gasteiger partial charge in [0.15, 0.2) is 0 Å². The van der Waals surface area contributed by atoms with E-state index < -0.39 is 18.1 Å². The third-order valence-corrected chi connectivity index (χ3v) is 7.72. The van der Waals surface area contributed by atoms with Crippen molar-refractivity contribution in [3.8, 4) is 11.1 Å². The van der Waals surface area contributed by atoms with Gasteiger partial charge in [-0.3, -0.25) is 4.79 Å². The molecular formula is C27H32N2O5S. The summed E-state index contributed by atoms with van der Waals surface area (Å²) in [7, 11) is 0. The number of nitrogens with one attached hydrogen (secondary N) is 2. The first-order valence-corrected chi connectivity index (χ1v) is 13.5. The molecule has 2 amide bonds. The van der Waals surface area contributed by atoms with Crippen LogP contribution in [-0.2, 0) is 14.3 Å². The molecular weight excluding hydrogens is 464 g/mol. The minimum atomic E-state index is -1.02. The van der Waals surface area contributed by atoms with E-state index in [0.717, 1.165) is 24.0 Å². The summed E-state index contributed by atoms with van der Waals surface area (Å²) in [5.41, 5.74) is 4.66. The van der Waals surface area contributed by atoms with Crippen LogP contribution in [0.1, 0.15) is 42.7 Å². The summed E-state index contributed by atoms with van der Waals surface area (Å²) in [5.74, 6) is -0.943. The highest BCUT2D eigenvalue weighted by Gasteiger charge is 2.35. The second-order valence-corrected chi connectivity index (χ2v) is 10.2. The lowest BCUT2D eigenvalue weighted by molar-refractivity contribution is -0.142. The Balaban J connectivity index is 1.29. The molecule has 2 aromatic rings. The van der Waals surface area contributed by atoms with E-state index in [4.69, 9.17) is 4.74 Å². The van der Waals surface area contributed by atoms with Gasteiger partial charge in [0, 0.05) is 18.4 Å². The Morgan fingerprint density at radius 1 is 1.06 bits per heavy atom. The number of amides is 2. The second-order valence-electron chi connectivity index (χ2n) is 9.18. The molecule has 0 bridgehead atoms. The van der Waals surface area contributed by atoms with Crippen molar-refractivity contribution in [1.82, 2.24) is 10.6 Å².